The molecular weight excluding hydrogens is 606 g/mol. The van der Waals surface area contributed by atoms with Crippen LogP contribution in [-0.4, -0.2) is 78.6 Å². The number of sulfonamides is 1. The van der Waals surface area contributed by atoms with Crippen LogP contribution in [0.2, 0.25) is 0 Å². The Morgan fingerprint density at radius 2 is 1.73 bits per heavy atom. The summed E-state index contributed by atoms with van der Waals surface area (Å²) in [7, 11) is -2.92. The van der Waals surface area contributed by atoms with E-state index in [0.717, 1.165) is 19.3 Å². The number of H-pyrrole nitrogens is 1. The van der Waals surface area contributed by atoms with Crippen molar-refractivity contribution in [3.8, 4) is 17.1 Å². The van der Waals surface area contributed by atoms with E-state index < -0.39 is 46.2 Å². The molecule has 2 amide bonds. The molecule has 1 fully saturated rings. The minimum Gasteiger partial charge on any atom is -0.496 e. The topological polar surface area (TPSA) is 201 Å². The summed E-state index contributed by atoms with van der Waals surface area (Å²) in [4.78, 5) is 54.4. The van der Waals surface area contributed by atoms with Gasteiger partial charge in [-0.3, -0.25) is 23.9 Å². The third-order valence-corrected chi connectivity index (χ3v) is 9.61. The second-order valence-electron chi connectivity index (χ2n) is 11.0. The molecule has 1 aliphatic heterocycles. The summed E-state index contributed by atoms with van der Waals surface area (Å²) >= 11 is 0. The van der Waals surface area contributed by atoms with E-state index in [1.807, 2.05) is 0 Å². The molecule has 3 aromatic rings. The number of carbonyl (C=O) groups is 3. The first-order valence-corrected chi connectivity index (χ1v) is 15.9. The largest absolute Gasteiger partial charge is 0.496 e. The average Bonchev–Trinajstić information content (AvgIpc) is 3.44. The lowest BCUT2D eigenvalue weighted by Gasteiger charge is -2.31. The maximum Gasteiger partial charge on any atom is 0.439 e. The molecule has 4 rings (SSSR count). The fourth-order valence-electron chi connectivity index (χ4n) is 5.45. The Balaban J connectivity index is 1.61. The Hall–Kier alpha value is -4.50. The van der Waals surface area contributed by atoms with E-state index in [2.05, 4.69) is 24.7 Å². The molecule has 0 bridgehead atoms. The van der Waals surface area contributed by atoms with E-state index in [0.29, 0.717) is 46.7 Å². The summed E-state index contributed by atoms with van der Waals surface area (Å²) in [5, 5.41) is 15.9. The van der Waals surface area contributed by atoms with Crippen molar-refractivity contribution in [2.24, 2.45) is 0 Å². The molecule has 0 spiro atoms. The van der Waals surface area contributed by atoms with Crippen molar-refractivity contribution >= 4 is 27.8 Å². The van der Waals surface area contributed by atoms with Crippen molar-refractivity contribution < 1.29 is 37.2 Å². The summed E-state index contributed by atoms with van der Waals surface area (Å²) in [6, 6.07) is 5.45. The Morgan fingerprint density at radius 3 is 2.31 bits per heavy atom. The van der Waals surface area contributed by atoms with Gasteiger partial charge in [-0.1, -0.05) is 29.4 Å². The number of rotatable bonds is 12. The highest BCUT2D eigenvalue weighted by atomic mass is 32.2. The monoisotopic (exact) mass is 643 g/mol. The van der Waals surface area contributed by atoms with E-state index in [1.165, 1.54) is 7.11 Å². The predicted molar refractivity (Wildman–Crippen MR) is 162 cm³/mol. The van der Waals surface area contributed by atoms with Crippen molar-refractivity contribution in [2.75, 3.05) is 20.2 Å². The van der Waals surface area contributed by atoms with Crippen molar-refractivity contribution in [2.45, 2.75) is 69.9 Å². The van der Waals surface area contributed by atoms with Crippen LogP contribution in [0, 0.1) is 20.8 Å². The first kappa shape index (κ1) is 33.4. The van der Waals surface area contributed by atoms with Gasteiger partial charge in [-0.2, -0.15) is 4.72 Å². The summed E-state index contributed by atoms with van der Waals surface area (Å²) in [6.45, 7) is 5.88. The molecule has 15 heteroatoms. The predicted octanol–water partition coefficient (Wildman–Crippen LogP) is 1.83. The van der Waals surface area contributed by atoms with Crippen LogP contribution < -0.4 is 20.5 Å². The van der Waals surface area contributed by atoms with E-state index in [4.69, 9.17) is 4.74 Å². The number of carboxylic acid groups (broad SMARTS) is 1. The van der Waals surface area contributed by atoms with Crippen LogP contribution in [0.25, 0.3) is 11.4 Å². The fraction of sp³-hybridized carbons (Fsp3) is 0.433. The number of amides is 2. The number of aromatic nitrogens is 2. The van der Waals surface area contributed by atoms with Gasteiger partial charge in [0, 0.05) is 25.1 Å². The van der Waals surface area contributed by atoms with Gasteiger partial charge in [0.15, 0.2) is 5.82 Å². The highest BCUT2D eigenvalue weighted by Gasteiger charge is 2.34. The van der Waals surface area contributed by atoms with Gasteiger partial charge in [-0.25, -0.2) is 13.2 Å². The van der Waals surface area contributed by atoms with Crippen molar-refractivity contribution in [1.29, 1.82) is 0 Å². The number of ether oxygens (including phenoxy) is 1. The van der Waals surface area contributed by atoms with Gasteiger partial charge in [0.1, 0.15) is 17.8 Å². The maximum absolute atomic E-state index is 13.7. The van der Waals surface area contributed by atoms with Crippen LogP contribution in [-0.2, 0) is 30.8 Å². The second kappa shape index (κ2) is 14.1. The Kier molecular flexibility index (Phi) is 10.4. The molecule has 0 radical (unpaired) electrons. The van der Waals surface area contributed by atoms with Crippen molar-refractivity contribution in [3.05, 3.63) is 63.1 Å². The zero-order valence-corrected chi connectivity index (χ0v) is 26.3. The van der Waals surface area contributed by atoms with E-state index in [-0.39, 0.29) is 23.0 Å². The number of aliphatic carboxylic acids is 1. The molecule has 1 aliphatic rings. The Labute approximate surface area is 260 Å². The van der Waals surface area contributed by atoms with Gasteiger partial charge in [-0.15, -0.1) is 0 Å². The number of methoxy groups -OCH3 is 1. The first-order valence-electron chi connectivity index (χ1n) is 14.4. The number of benzene rings is 2. The first-order chi connectivity index (χ1) is 21.3. The zero-order valence-electron chi connectivity index (χ0n) is 25.5. The lowest BCUT2D eigenvalue weighted by molar-refractivity contribution is -0.140. The number of piperidine rings is 1. The number of nitrogens with zero attached hydrogens (tertiary/aromatic N) is 2. The maximum atomic E-state index is 13.7. The SMILES string of the molecule is COc1cc(C)c(S(=O)(=O)NC(CC(=O)O)C(=O)NC(Cc2ccc(-c3noc(=O)[nH]3)cc2)C(=O)N2CCCCC2)c(C)c1C. The molecule has 2 heterocycles. The number of likely N-dealkylation sites (tertiary alicyclic amines) is 1. The third kappa shape index (κ3) is 7.97. The van der Waals surface area contributed by atoms with Gasteiger partial charge in [-0.05, 0) is 68.4 Å². The Morgan fingerprint density at radius 1 is 1.07 bits per heavy atom. The molecule has 2 unspecified atom stereocenters. The number of carboxylic acids is 1. The molecule has 0 aliphatic carbocycles. The number of carbonyl (C=O) groups excluding carboxylic acids is 2. The summed E-state index contributed by atoms with van der Waals surface area (Å²) in [5.74, 6) is -2.70. The third-order valence-electron chi connectivity index (χ3n) is 7.85. The van der Waals surface area contributed by atoms with Crippen molar-refractivity contribution in [1.82, 2.24) is 25.1 Å². The van der Waals surface area contributed by atoms with Gasteiger partial charge < -0.3 is 20.1 Å². The molecular formula is C30H37N5O9S. The van der Waals surface area contributed by atoms with Crippen LogP contribution in [0.1, 0.15) is 47.9 Å². The van der Waals surface area contributed by atoms with Crippen molar-refractivity contribution in [3.63, 3.8) is 0 Å². The van der Waals surface area contributed by atoms with Gasteiger partial charge in [0.25, 0.3) is 0 Å². The summed E-state index contributed by atoms with van der Waals surface area (Å²) in [5.41, 5.74) is 2.53. The molecule has 0 saturated carbocycles. The van der Waals surface area contributed by atoms with Crippen LogP contribution in [0.5, 0.6) is 5.75 Å². The van der Waals surface area contributed by atoms with Gasteiger partial charge in [0.2, 0.25) is 21.8 Å². The average molecular weight is 644 g/mol. The second-order valence-corrected chi connectivity index (χ2v) is 12.7. The summed E-state index contributed by atoms with van der Waals surface area (Å²) < 4.78 is 39.3. The van der Waals surface area contributed by atoms with E-state index in [1.54, 1.807) is 56.0 Å². The Bertz CT molecular complexity index is 1720. The van der Waals surface area contributed by atoms with Gasteiger partial charge >= 0.3 is 11.7 Å². The number of aromatic amines is 1. The molecule has 2 aromatic carbocycles. The number of aryl methyl sites for hydroxylation is 1. The smallest absolute Gasteiger partial charge is 0.439 e. The lowest BCUT2D eigenvalue weighted by Crippen LogP contribution is -2.56. The van der Waals surface area contributed by atoms with Crippen LogP contribution in [0.4, 0.5) is 0 Å². The normalized spacial score (nSPS) is 14.9. The van der Waals surface area contributed by atoms with Gasteiger partial charge in [0.05, 0.1) is 18.4 Å². The number of nitrogens with one attached hydrogen (secondary N) is 3. The molecule has 1 aromatic heterocycles. The standard InChI is InChI=1S/C30H37N5O9S/c1-17-14-24(43-4)18(2)19(3)26(17)45(41,42)34-22(16-25(36)37)28(38)31-23(29(39)35-12-6-5-7-13-35)15-20-8-10-21(11-9-20)27-32-30(40)44-33-27/h8-11,14,22-23,34H,5-7,12-13,15-16H2,1-4H3,(H,31,38)(H,36,37)(H,32,33,40). The van der Waals surface area contributed by atoms with Crippen LogP contribution >= 0.6 is 0 Å². The van der Waals surface area contributed by atoms with E-state index >= 15 is 0 Å². The molecule has 4 N–H and O–H groups in total. The van der Waals surface area contributed by atoms with Crippen LogP contribution in [0.3, 0.4) is 0 Å². The molecule has 242 valence electrons. The number of hydrogen-bond donors (Lipinski definition) is 4. The quantitative estimate of drug-likeness (QED) is 0.226. The fourth-order valence-corrected chi connectivity index (χ4v) is 7.17. The van der Waals surface area contributed by atoms with Crippen LogP contribution in [0.15, 0.2) is 44.5 Å². The van der Waals surface area contributed by atoms with E-state index in [9.17, 15) is 32.7 Å². The zero-order chi connectivity index (χ0) is 32.9. The highest BCUT2D eigenvalue weighted by Crippen LogP contribution is 2.30. The lowest BCUT2D eigenvalue weighted by atomic mass is 10.0. The summed E-state index contributed by atoms with van der Waals surface area (Å²) in [6.07, 6.45) is 1.77. The highest BCUT2D eigenvalue weighted by molar-refractivity contribution is 7.89. The minimum absolute atomic E-state index is 0.0408. The molecule has 45 heavy (non-hydrogen) atoms. The molecule has 14 nitrogen and oxygen atoms in total. The minimum atomic E-state index is -4.39. The molecule has 2 atom stereocenters. The molecule has 1 saturated heterocycles. The number of hydrogen-bond acceptors (Lipinski definition) is 9.